The van der Waals surface area contributed by atoms with Crippen LogP contribution >= 0.6 is 0 Å². The molecule has 1 unspecified atom stereocenters. The van der Waals surface area contributed by atoms with Crippen LogP contribution in [0.15, 0.2) is 64.7 Å². The first-order chi connectivity index (χ1) is 17.5. The smallest absolute Gasteiger partial charge is 0.369 e. The molecule has 1 atom stereocenters. The zero-order valence-corrected chi connectivity index (χ0v) is 21.7. The van der Waals surface area contributed by atoms with E-state index in [1.54, 1.807) is 0 Å². The number of sulfonamides is 1. The van der Waals surface area contributed by atoms with Crippen molar-refractivity contribution < 1.29 is 36.0 Å². The molecule has 0 spiro atoms. The van der Waals surface area contributed by atoms with E-state index in [9.17, 15) is 36.0 Å². The van der Waals surface area contributed by atoms with Gasteiger partial charge in [0.1, 0.15) is 5.41 Å². The van der Waals surface area contributed by atoms with E-state index in [4.69, 9.17) is 10.9 Å². The van der Waals surface area contributed by atoms with Crippen LogP contribution in [0.5, 0.6) is 0 Å². The van der Waals surface area contributed by atoms with Gasteiger partial charge in [-0.1, -0.05) is 18.2 Å². The molecule has 2 aromatic rings. The maximum absolute atomic E-state index is 13.9. The van der Waals surface area contributed by atoms with Gasteiger partial charge in [-0.3, -0.25) is 19.3 Å². The Morgan fingerprint density at radius 3 is 2.21 bits per heavy atom. The van der Waals surface area contributed by atoms with Gasteiger partial charge in [0.15, 0.2) is 0 Å². The summed E-state index contributed by atoms with van der Waals surface area (Å²) in [6.07, 6.45) is -5.17. The molecular formula is C25H27F3N4O5S. The molecule has 4 N–H and O–H groups in total. The number of allylic oxidation sites excluding steroid dienone is 1. The van der Waals surface area contributed by atoms with E-state index in [0.29, 0.717) is 5.56 Å². The highest BCUT2D eigenvalue weighted by Gasteiger charge is 2.52. The molecule has 204 valence electrons. The number of anilines is 1. The Kier molecular flexibility index (Phi) is 7.76. The van der Waals surface area contributed by atoms with E-state index in [0.717, 1.165) is 23.1 Å². The minimum Gasteiger partial charge on any atom is -0.369 e. The number of aryl methyl sites for hydroxylation is 1. The van der Waals surface area contributed by atoms with Gasteiger partial charge in [0.25, 0.3) is 5.91 Å². The van der Waals surface area contributed by atoms with Gasteiger partial charge in [0, 0.05) is 37.5 Å². The van der Waals surface area contributed by atoms with Crippen molar-refractivity contribution >= 4 is 33.4 Å². The summed E-state index contributed by atoms with van der Waals surface area (Å²) in [5.74, 6) is -2.44. The molecule has 1 heterocycles. The van der Waals surface area contributed by atoms with Crippen molar-refractivity contribution in [3.8, 4) is 0 Å². The van der Waals surface area contributed by atoms with E-state index in [1.807, 2.05) is 0 Å². The van der Waals surface area contributed by atoms with Gasteiger partial charge >= 0.3 is 6.18 Å². The van der Waals surface area contributed by atoms with Crippen LogP contribution in [0.25, 0.3) is 0 Å². The minimum atomic E-state index is -4.70. The quantitative estimate of drug-likeness (QED) is 0.508. The topological polar surface area (TPSA) is 144 Å². The maximum atomic E-state index is 13.9. The zero-order valence-electron chi connectivity index (χ0n) is 20.9. The number of primary amides is 1. The van der Waals surface area contributed by atoms with Gasteiger partial charge in [-0.15, -0.1) is 0 Å². The first-order valence-electron chi connectivity index (χ1n) is 11.3. The highest BCUT2D eigenvalue weighted by molar-refractivity contribution is 7.89. The molecule has 0 fully saturated rings. The Hall–Kier alpha value is -3.71. The normalized spacial score (nSPS) is 18.5. The molecule has 0 aromatic heterocycles. The van der Waals surface area contributed by atoms with Crippen molar-refractivity contribution in [2.45, 2.75) is 37.3 Å². The number of likely N-dealkylation sites (N-methyl/N-ethyl adjacent to an activating group) is 1. The molecule has 1 aliphatic heterocycles. The Bertz CT molecular complexity index is 1420. The zero-order chi connectivity index (χ0) is 28.6. The highest BCUT2D eigenvalue weighted by Crippen LogP contribution is 2.44. The third-order valence-electron chi connectivity index (χ3n) is 6.52. The third-order valence-corrected chi connectivity index (χ3v) is 7.45. The standard InChI is InChI=1S/C25H27F3N4O5S/c1-15-20(21(33)31(2)3)14-24(22(29)34,12-11-16-7-9-19(10-8-16)38(30,36)37)23(35)32(15)18-6-4-5-17(13-18)25(26,27)28/h4-10,13H,11-12,14H2,1-3H3,(H2,29,34)(H2,30,36,37). The number of carbonyl (C=O) groups is 3. The second kappa shape index (κ2) is 10.2. The lowest BCUT2D eigenvalue weighted by molar-refractivity contribution is -0.142. The molecule has 0 aliphatic carbocycles. The Balaban J connectivity index is 2.12. The van der Waals surface area contributed by atoms with Crippen molar-refractivity contribution in [2.75, 3.05) is 19.0 Å². The number of hydrogen-bond acceptors (Lipinski definition) is 5. The van der Waals surface area contributed by atoms with Crippen LogP contribution in [0, 0.1) is 5.41 Å². The molecular weight excluding hydrogens is 525 g/mol. The number of nitrogens with zero attached hydrogens (tertiary/aromatic N) is 2. The third kappa shape index (κ3) is 5.58. The fraction of sp³-hybridized carbons (Fsp3) is 0.320. The lowest BCUT2D eigenvalue weighted by Gasteiger charge is -2.41. The van der Waals surface area contributed by atoms with Crippen molar-refractivity contribution in [1.82, 2.24) is 4.90 Å². The summed E-state index contributed by atoms with van der Waals surface area (Å²) in [6, 6.07) is 9.46. The van der Waals surface area contributed by atoms with Crippen LogP contribution < -0.4 is 15.8 Å². The first-order valence-corrected chi connectivity index (χ1v) is 12.9. The maximum Gasteiger partial charge on any atom is 0.416 e. The largest absolute Gasteiger partial charge is 0.416 e. The number of benzene rings is 2. The van der Waals surface area contributed by atoms with Crippen LogP contribution in [0.2, 0.25) is 0 Å². The van der Waals surface area contributed by atoms with Gasteiger partial charge in [0.2, 0.25) is 21.8 Å². The van der Waals surface area contributed by atoms with Crippen LogP contribution in [0.1, 0.15) is 30.9 Å². The van der Waals surface area contributed by atoms with E-state index in [1.165, 1.54) is 56.3 Å². The number of halogens is 3. The molecule has 0 saturated heterocycles. The van der Waals surface area contributed by atoms with Crippen LogP contribution in [0.3, 0.4) is 0 Å². The number of hydrogen-bond donors (Lipinski definition) is 2. The summed E-state index contributed by atoms with van der Waals surface area (Å²) < 4.78 is 63.4. The predicted octanol–water partition coefficient (Wildman–Crippen LogP) is 2.56. The molecule has 3 rings (SSSR count). The fourth-order valence-corrected chi connectivity index (χ4v) is 4.87. The van der Waals surface area contributed by atoms with E-state index in [2.05, 4.69) is 0 Å². The molecule has 13 heteroatoms. The van der Waals surface area contributed by atoms with Crippen molar-refractivity contribution in [1.29, 1.82) is 0 Å². The van der Waals surface area contributed by atoms with Gasteiger partial charge in [-0.05, 0) is 55.7 Å². The number of amides is 3. The van der Waals surface area contributed by atoms with Gasteiger partial charge in [-0.2, -0.15) is 13.2 Å². The molecule has 38 heavy (non-hydrogen) atoms. The number of carbonyl (C=O) groups excluding carboxylic acids is 3. The Morgan fingerprint density at radius 1 is 1.11 bits per heavy atom. The summed E-state index contributed by atoms with van der Waals surface area (Å²) in [5, 5.41) is 5.12. The highest BCUT2D eigenvalue weighted by atomic mass is 32.2. The molecule has 1 aliphatic rings. The second-order valence-electron chi connectivity index (χ2n) is 9.26. The van der Waals surface area contributed by atoms with E-state index >= 15 is 0 Å². The monoisotopic (exact) mass is 552 g/mol. The van der Waals surface area contributed by atoms with Gasteiger partial charge < -0.3 is 10.6 Å². The first kappa shape index (κ1) is 28.9. The lowest BCUT2D eigenvalue weighted by atomic mass is 9.71. The number of nitrogens with two attached hydrogens (primary N) is 2. The second-order valence-corrected chi connectivity index (χ2v) is 10.8. The number of alkyl halides is 3. The van der Waals surface area contributed by atoms with E-state index in [-0.39, 0.29) is 41.1 Å². The molecule has 0 saturated carbocycles. The SMILES string of the molecule is CC1=C(C(=O)N(C)C)CC(CCc2ccc(S(N)(=O)=O)cc2)(C(N)=O)C(=O)N1c1cccc(C(F)(F)F)c1. The molecule has 0 bridgehead atoms. The van der Waals surface area contributed by atoms with Crippen molar-refractivity contribution in [3.05, 3.63) is 70.9 Å². The van der Waals surface area contributed by atoms with Gasteiger partial charge in [-0.25, -0.2) is 13.6 Å². The van der Waals surface area contributed by atoms with Crippen LogP contribution in [-0.4, -0.2) is 45.1 Å². The summed E-state index contributed by atoms with van der Waals surface area (Å²) in [6.45, 7) is 1.42. The molecule has 0 radical (unpaired) electrons. The Labute approximate surface area is 217 Å². The number of rotatable bonds is 7. The summed E-state index contributed by atoms with van der Waals surface area (Å²) >= 11 is 0. The number of primary sulfonamides is 1. The molecule has 9 nitrogen and oxygen atoms in total. The van der Waals surface area contributed by atoms with Crippen LogP contribution in [0.4, 0.5) is 18.9 Å². The average molecular weight is 553 g/mol. The van der Waals surface area contributed by atoms with Crippen molar-refractivity contribution in [3.63, 3.8) is 0 Å². The minimum absolute atomic E-state index is 0.0513. The summed E-state index contributed by atoms with van der Waals surface area (Å²) in [4.78, 5) is 41.9. The molecule has 2 aromatic carbocycles. The summed E-state index contributed by atoms with van der Waals surface area (Å²) in [7, 11) is -1.01. The van der Waals surface area contributed by atoms with Crippen molar-refractivity contribution in [2.24, 2.45) is 16.3 Å². The van der Waals surface area contributed by atoms with Crippen LogP contribution in [-0.2, 0) is 37.0 Å². The predicted molar refractivity (Wildman–Crippen MR) is 133 cm³/mol. The molecule has 3 amide bonds. The average Bonchev–Trinajstić information content (AvgIpc) is 2.82. The summed E-state index contributed by atoms with van der Waals surface area (Å²) in [5.41, 5.74) is 3.28. The fourth-order valence-electron chi connectivity index (χ4n) is 4.35. The van der Waals surface area contributed by atoms with Gasteiger partial charge in [0.05, 0.1) is 10.5 Å². The Morgan fingerprint density at radius 2 is 1.71 bits per heavy atom. The van der Waals surface area contributed by atoms with E-state index < -0.39 is 44.9 Å². The lowest BCUT2D eigenvalue weighted by Crippen LogP contribution is -2.55.